The Hall–Kier alpha value is -0.590. The van der Waals surface area contributed by atoms with Crippen LogP contribution in [0.15, 0.2) is 0 Å². The van der Waals surface area contributed by atoms with E-state index in [1.54, 1.807) is 6.92 Å². The summed E-state index contributed by atoms with van der Waals surface area (Å²) in [6.45, 7) is 1.62. The second kappa shape index (κ2) is 3.55. The number of hydrogen-bond donors (Lipinski definition) is 3. The summed E-state index contributed by atoms with van der Waals surface area (Å²) in [6.07, 6.45) is 0.256. The lowest BCUT2D eigenvalue weighted by molar-refractivity contribution is -0.119. The summed E-state index contributed by atoms with van der Waals surface area (Å²) in [5.41, 5.74) is 0.679. The Morgan fingerprint density at radius 1 is 1.90 bits per heavy atom. The van der Waals surface area contributed by atoms with Crippen molar-refractivity contribution >= 4 is 21.4 Å². The summed E-state index contributed by atoms with van der Waals surface area (Å²) in [5, 5.41) is 6.71. The summed E-state index contributed by atoms with van der Waals surface area (Å²) in [7, 11) is -3.44. The highest BCUT2D eigenvalue weighted by Gasteiger charge is 1.94. The van der Waals surface area contributed by atoms with E-state index in [9.17, 15) is 9.00 Å². The molecule has 0 radical (unpaired) electrons. The lowest BCUT2D eigenvalue weighted by atomic mass is 10.5. The first-order valence-electron chi connectivity index (χ1n) is 2.62. The lowest BCUT2D eigenvalue weighted by Gasteiger charge is -1.95. The second-order valence-electron chi connectivity index (χ2n) is 1.65. The average Bonchev–Trinajstić information content (AvgIpc) is 1.81. The third-order valence-corrected chi connectivity index (χ3v) is 1.17. The van der Waals surface area contributed by atoms with Crippen molar-refractivity contribution < 1.29 is 13.6 Å². The Kier molecular flexibility index (Phi) is 3.34. The van der Waals surface area contributed by atoms with E-state index in [0.717, 1.165) is 0 Å². The highest BCUT2D eigenvalue weighted by molar-refractivity contribution is 7.93. The molecule has 0 aromatic carbocycles. The summed E-state index contributed by atoms with van der Waals surface area (Å²) in [4.78, 5) is 10.4. The number of nitrogens with one attached hydrogen (secondary N) is 1. The molecule has 0 aromatic heterocycles. The first kappa shape index (κ1) is 9.41. The first-order chi connectivity index (χ1) is 4.45. The monoisotopic (exact) mass is 166 g/mol. The molecule has 0 fully saturated rings. The Morgan fingerprint density at radius 2 is 2.40 bits per heavy atom. The van der Waals surface area contributed by atoms with Crippen LogP contribution < -0.4 is 10.5 Å². The van der Waals surface area contributed by atoms with Crippen LogP contribution in [0.4, 0.5) is 0 Å². The molecule has 0 saturated heterocycles. The van der Waals surface area contributed by atoms with Crippen LogP contribution in [-0.2, 0) is 14.8 Å². The van der Waals surface area contributed by atoms with Gasteiger partial charge in [0.2, 0.25) is 5.91 Å². The average molecular weight is 166 g/mol. The maximum atomic E-state index is 10.4. The van der Waals surface area contributed by atoms with Crippen LogP contribution in [0.25, 0.3) is 0 Å². The quantitative estimate of drug-likeness (QED) is 0.455. The van der Waals surface area contributed by atoms with Crippen molar-refractivity contribution in [1.82, 2.24) is 5.32 Å². The molecule has 5 nitrogen and oxygen atoms in total. The molecule has 4 N–H and O–H groups in total. The molecule has 0 aliphatic heterocycles. The van der Waals surface area contributed by atoms with Gasteiger partial charge in [0.15, 0.2) is 9.99 Å². The van der Waals surface area contributed by atoms with Crippen molar-refractivity contribution in [1.29, 1.82) is 0 Å². The number of amides is 1. The van der Waals surface area contributed by atoms with Crippen molar-refractivity contribution in [2.75, 3.05) is 0 Å². The third-order valence-electron chi connectivity index (χ3n) is 0.710. The van der Waals surface area contributed by atoms with Gasteiger partial charge in [0, 0.05) is 6.42 Å². The van der Waals surface area contributed by atoms with Crippen LogP contribution in [0.1, 0.15) is 13.3 Å². The normalized spacial score (nSPS) is 15.5. The largest absolute Gasteiger partial charge is 0.323 e. The number of hydrogen-bond acceptors (Lipinski definition) is 2. The van der Waals surface area contributed by atoms with Crippen LogP contribution in [-0.4, -0.2) is 20.2 Å². The van der Waals surface area contributed by atoms with Gasteiger partial charge in [-0.3, -0.25) is 4.79 Å². The number of nitrogens with two attached hydrogens (primary N) is 1. The molecule has 0 spiro atoms. The van der Waals surface area contributed by atoms with Gasteiger partial charge in [-0.15, -0.1) is 0 Å². The second-order valence-corrected chi connectivity index (χ2v) is 3.12. The van der Waals surface area contributed by atoms with Crippen molar-refractivity contribution in [2.24, 2.45) is 5.14 Å². The molecule has 1 unspecified atom stereocenters. The fourth-order valence-electron chi connectivity index (χ4n) is 0.252. The Balaban J connectivity index is 3.99. The zero-order valence-electron chi connectivity index (χ0n) is 5.53. The summed E-state index contributed by atoms with van der Waals surface area (Å²) in [5.74, 6) is -0.341. The molecular weight excluding hydrogens is 156 g/mol. The van der Waals surface area contributed by atoms with E-state index in [4.69, 9.17) is 4.55 Å². The lowest BCUT2D eigenvalue weighted by Crippen LogP contribution is -2.27. The molecule has 0 heterocycles. The topological polar surface area (TPSA) is 92.4 Å². The number of carbonyl (C=O) groups is 1. The fraction of sp³-hybridized carbons (Fsp3) is 0.500. The van der Waals surface area contributed by atoms with Crippen LogP contribution in [0.5, 0.6) is 0 Å². The van der Waals surface area contributed by atoms with Gasteiger partial charge < -0.3 is 9.87 Å². The molecule has 1 amide bonds. The maximum Gasteiger partial charge on any atom is 0.224 e. The van der Waals surface area contributed by atoms with Crippen molar-refractivity contribution in [3.8, 4) is 0 Å². The van der Waals surface area contributed by atoms with Crippen molar-refractivity contribution in [3.63, 3.8) is 0 Å². The van der Waals surface area contributed by atoms with Crippen LogP contribution in [0.2, 0.25) is 0 Å². The van der Waals surface area contributed by atoms with Crippen LogP contribution in [0.3, 0.4) is 0 Å². The highest BCUT2D eigenvalue weighted by atomic mass is 32.2. The SMILES string of the molecule is CCC(=O)NC=S(N)(=O)O. The Labute approximate surface area is 59.6 Å². The van der Waals surface area contributed by atoms with Gasteiger partial charge in [0.1, 0.15) is 0 Å². The third kappa shape index (κ3) is 5.54. The first-order valence-corrected chi connectivity index (χ1v) is 4.27. The van der Waals surface area contributed by atoms with Gasteiger partial charge in [0.05, 0.1) is 5.49 Å². The molecule has 0 aliphatic rings. The Bertz CT molecular complexity index is 221. The van der Waals surface area contributed by atoms with E-state index < -0.39 is 9.99 Å². The van der Waals surface area contributed by atoms with Gasteiger partial charge in [-0.1, -0.05) is 6.92 Å². The zero-order chi connectivity index (χ0) is 8.20. The molecule has 60 valence electrons. The van der Waals surface area contributed by atoms with Gasteiger partial charge in [-0.2, -0.15) is 0 Å². The van der Waals surface area contributed by atoms with Crippen molar-refractivity contribution in [3.05, 3.63) is 0 Å². The minimum absolute atomic E-state index is 0.256. The molecule has 6 heteroatoms. The van der Waals surface area contributed by atoms with Gasteiger partial charge in [-0.05, 0) is 0 Å². The van der Waals surface area contributed by atoms with E-state index in [1.165, 1.54) is 0 Å². The molecule has 0 aromatic rings. The van der Waals surface area contributed by atoms with E-state index >= 15 is 0 Å². The summed E-state index contributed by atoms with van der Waals surface area (Å²) < 4.78 is 18.7. The van der Waals surface area contributed by atoms with E-state index in [0.29, 0.717) is 5.49 Å². The standard InChI is InChI=1S/C4H10N2O3S/c1-2-4(7)6-3-10(5,8)9/h3H,2H2,1H3,(H,6,7)(H3,5,8,9). The zero-order valence-corrected chi connectivity index (χ0v) is 6.35. The molecule has 0 rings (SSSR count). The molecule has 0 aliphatic carbocycles. The molecular formula is C4H10N2O3S. The predicted molar refractivity (Wildman–Crippen MR) is 39.5 cm³/mol. The molecule has 0 saturated carbocycles. The van der Waals surface area contributed by atoms with E-state index in [2.05, 4.69) is 10.5 Å². The predicted octanol–water partition coefficient (Wildman–Crippen LogP) is -1.10. The molecule has 0 bridgehead atoms. The maximum absolute atomic E-state index is 10.4. The number of rotatable bonds is 2. The highest BCUT2D eigenvalue weighted by Crippen LogP contribution is 1.72. The van der Waals surface area contributed by atoms with Gasteiger partial charge in [0.25, 0.3) is 0 Å². The summed E-state index contributed by atoms with van der Waals surface area (Å²) in [6, 6.07) is 0. The number of carbonyl (C=O) groups excluding carboxylic acids is 1. The minimum atomic E-state index is -3.44. The van der Waals surface area contributed by atoms with Crippen molar-refractivity contribution in [2.45, 2.75) is 13.3 Å². The minimum Gasteiger partial charge on any atom is -0.323 e. The van der Waals surface area contributed by atoms with E-state index in [1.807, 2.05) is 0 Å². The smallest absolute Gasteiger partial charge is 0.224 e. The van der Waals surface area contributed by atoms with Gasteiger partial charge in [-0.25, -0.2) is 9.35 Å². The summed E-state index contributed by atoms with van der Waals surface area (Å²) >= 11 is 0. The van der Waals surface area contributed by atoms with E-state index in [-0.39, 0.29) is 12.3 Å². The van der Waals surface area contributed by atoms with Crippen LogP contribution >= 0.6 is 0 Å². The fourth-order valence-corrected chi connectivity index (χ4v) is 0.553. The van der Waals surface area contributed by atoms with Gasteiger partial charge >= 0.3 is 0 Å². The van der Waals surface area contributed by atoms with Crippen LogP contribution in [0, 0.1) is 0 Å². The molecule has 1 atom stereocenters. The Morgan fingerprint density at radius 3 is 2.70 bits per heavy atom. The molecule has 10 heavy (non-hydrogen) atoms.